The van der Waals surface area contributed by atoms with Crippen molar-refractivity contribution in [2.24, 2.45) is 46.3 Å². The quantitative estimate of drug-likeness (QED) is 0.326. The minimum atomic E-state index is -0.140. The molecule has 8 rings (SSSR count). The predicted molar refractivity (Wildman–Crippen MR) is 127 cm³/mol. The second-order valence-electron chi connectivity index (χ2n) is 13.1. The first-order valence-corrected chi connectivity index (χ1v) is 13.8. The summed E-state index contributed by atoms with van der Waals surface area (Å²) in [6.07, 6.45) is 17.1. The van der Waals surface area contributed by atoms with E-state index >= 15 is 0 Å². The van der Waals surface area contributed by atoms with Gasteiger partial charge in [0.25, 0.3) is 0 Å². The van der Waals surface area contributed by atoms with E-state index in [0.29, 0.717) is 16.7 Å². The molecule has 6 fully saturated rings. The minimum absolute atomic E-state index is 0.140. The summed E-state index contributed by atoms with van der Waals surface area (Å²) >= 11 is 0. The van der Waals surface area contributed by atoms with Crippen molar-refractivity contribution in [3.8, 4) is 0 Å². The second-order valence-corrected chi connectivity index (χ2v) is 13.1. The number of hydrogen-bond donors (Lipinski definition) is 0. The van der Waals surface area contributed by atoms with E-state index in [0.717, 1.165) is 55.3 Å². The van der Waals surface area contributed by atoms with Crippen LogP contribution in [0.4, 0.5) is 0 Å². The Morgan fingerprint density at radius 1 is 0.968 bits per heavy atom. The molecule has 31 heavy (non-hydrogen) atoms. The Morgan fingerprint density at radius 2 is 1.74 bits per heavy atom. The van der Waals surface area contributed by atoms with Crippen molar-refractivity contribution < 1.29 is 9.78 Å². The lowest BCUT2D eigenvalue weighted by molar-refractivity contribution is -0.398. The molecule has 2 heteroatoms. The topological polar surface area (TPSA) is 18.5 Å². The van der Waals surface area contributed by atoms with Crippen molar-refractivity contribution in [3.63, 3.8) is 0 Å². The summed E-state index contributed by atoms with van der Waals surface area (Å²) in [5, 5.41) is 0. The van der Waals surface area contributed by atoms with Gasteiger partial charge in [-0.05, 0) is 117 Å². The van der Waals surface area contributed by atoms with Crippen LogP contribution >= 0.6 is 0 Å². The normalized spacial score (nSPS) is 52.3. The Hall–Kier alpha value is -0.340. The molecule has 1 unspecified atom stereocenters. The molecular weight excluding hydrogens is 380 g/mol. The lowest BCUT2D eigenvalue weighted by Crippen LogP contribution is -2.50. The number of fused-ring (bicyclic) bond motifs is 2. The van der Waals surface area contributed by atoms with Crippen LogP contribution in [0.2, 0.25) is 0 Å². The highest BCUT2D eigenvalue weighted by Crippen LogP contribution is 2.67. The molecule has 4 aliphatic heterocycles. The Balaban J connectivity index is 1.53. The summed E-state index contributed by atoms with van der Waals surface area (Å²) in [5.74, 6) is 4.93. The molecule has 0 spiro atoms. The molecule has 176 valence electrons. The average molecular weight is 429 g/mol. The summed E-state index contributed by atoms with van der Waals surface area (Å²) in [5.41, 5.74) is 2.54. The Kier molecular flexibility index (Phi) is 5.70. The van der Waals surface area contributed by atoms with Crippen molar-refractivity contribution >= 4 is 0 Å². The third-order valence-corrected chi connectivity index (χ3v) is 11.8. The van der Waals surface area contributed by atoms with E-state index in [1.807, 2.05) is 0 Å². The molecule has 8 bridgehead atoms. The molecule has 3 saturated carbocycles. The average Bonchev–Trinajstić information content (AvgIpc) is 3.10. The molecule has 3 saturated heterocycles. The van der Waals surface area contributed by atoms with Gasteiger partial charge in [-0.15, -0.1) is 0 Å². The standard InChI is InChI=1S/C29H48O2/c1-7-29(19(2)3)17-12-20(4)24-10-11-25-23-9-8-21-18-22(30-31-29)13-15-27(21,5)26(23)14-16-28(24,25)6/h8,19-20,22-26H,7,9-18H2,1-6H3/t20-,22+,23+,24-,25+,26+,27+,28-,29?/m1/s1. The highest BCUT2D eigenvalue weighted by Gasteiger charge is 2.59. The summed E-state index contributed by atoms with van der Waals surface area (Å²) in [7, 11) is 0. The SMILES string of the molecule is CCC1(C(C)C)CC[C@@H](C)[C@H]2CC[C@H]3[C@@H]4CC=C5C[C@H](CC[C@]5(C)[C@H]4CC[C@]23C)OO1. The van der Waals surface area contributed by atoms with Crippen molar-refractivity contribution in [2.75, 3.05) is 0 Å². The highest BCUT2D eigenvalue weighted by molar-refractivity contribution is 5.25. The van der Waals surface area contributed by atoms with Crippen LogP contribution < -0.4 is 0 Å². The van der Waals surface area contributed by atoms with Gasteiger partial charge < -0.3 is 0 Å². The lowest BCUT2D eigenvalue weighted by atomic mass is 9.47. The summed E-state index contributed by atoms with van der Waals surface area (Å²) < 4.78 is 0. The summed E-state index contributed by atoms with van der Waals surface area (Å²) in [4.78, 5) is 12.8. The van der Waals surface area contributed by atoms with Crippen LogP contribution in [0.5, 0.6) is 0 Å². The van der Waals surface area contributed by atoms with Crippen molar-refractivity contribution in [1.82, 2.24) is 0 Å². The zero-order chi connectivity index (χ0) is 22.0. The smallest absolute Gasteiger partial charge is 0.106 e. The van der Waals surface area contributed by atoms with Gasteiger partial charge in [0.05, 0.1) is 6.10 Å². The van der Waals surface area contributed by atoms with Gasteiger partial charge in [0.15, 0.2) is 0 Å². The van der Waals surface area contributed by atoms with E-state index in [1.165, 1.54) is 44.9 Å². The fourth-order valence-corrected chi connectivity index (χ4v) is 9.59. The van der Waals surface area contributed by atoms with Crippen LogP contribution in [-0.4, -0.2) is 11.7 Å². The minimum Gasteiger partial charge on any atom is -0.232 e. The number of allylic oxidation sites excluding steroid dienone is 1. The van der Waals surface area contributed by atoms with E-state index in [1.54, 1.807) is 5.57 Å². The van der Waals surface area contributed by atoms with E-state index in [4.69, 9.17) is 9.78 Å². The van der Waals surface area contributed by atoms with Crippen LogP contribution in [0.15, 0.2) is 11.6 Å². The monoisotopic (exact) mass is 428 g/mol. The number of hydrogen-bond acceptors (Lipinski definition) is 2. The fourth-order valence-electron chi connectivity index (χ4n) is 9.59. The molecule has 0 N–H and O–H groups in total. The second kappa shape index (κ2) is 7.86. The van der Waals surface area contributed by atoms with Crippen LogP contribution in [0.25, 0.3) is 0 Å². The fraction of sp³-hybridized carbons (Fsp3) is 0.931. The van der Waals surface area contributed by atoms with E-state index in [9.17, 15) is 0 Å². The van der Waals surface area contributed by atoms with Crippen molar-refractivity contribution in [1.29, 1.82) is 0 Å². The first-order valence-electron chi connectivity index (χ1n) is 13.8. The maximum absolute atomic E-state index is 6.48. The maximum atomic E-state index is 6.48. The molecule has 4 aliphatic carbocycles. The van der Waals surface area contributed by atoms with Gasteiger partial charge in [0.1, 0.15) is 5.60 Å². The zero-order valence-electron chi connectivity index (χ0n) is 21.2. The van der Waals surface area contributed by atoms with Crippen molar-refractivity contribution in [2.45, 2.75) is 124 Å². The molecule has 0 aromatic rings. The summed E-state index contributed by atoms with van der Waals surface area (Å²) in [6, 6.07) is 0. The molecule has 0 aromatic carbocycles. The van der Waals surface area contributed by atoms with Crippen LogP contribution in [0.1, 0.15) is 112 Å². The summed E-state index contributed by atoms with van der Waals surface area (Å²) in [6.45, 7) is 14.9. The van der Waals surface area contributed by atoms with Crippen LogP contribution in [0, 0.1) is 46.3 Å². The Morgan fingerprint density at radius 3 is 2.48 bits per heavy atom. The Bertz CT molecular complexity index is 712. The van der Waals surface area contributed by atoms with Gasteiger partial charge in [0, 0.05) is 0 Å². The molecule has 9 atom stereocenters. The zero-order valence-corrected chi connectivity index (χ0v) is 21.2. The van der Waals surface area contributed by atoms with Gasteiger partial charge >= 0.3 is 0 Å². The van der Waals surface area contributed by atoms with Crippen LogP contribution in [-0.2, 0) is 9.78 Å². The van der Waals surface area contributed by atoms with E-state index in [-0.39, 0.29) is 11.7 Å². The van der Waals surface area contributed by atoms with Crippen LogP contribution in [0.3, 0.4) is 0 Å². The third kappa shape index (κ3) is 3.32. The maximum Gasteiger partial charge on any atom is 0.106 e. The molecule has 0 aromatic heterocycles. The van der Waals surface area contributed by atoms with Gasteiger partial charge in [0.2, 0.25) is 0 Å². The Labute approximate surface area is 191 Å². The predicted octanol–water partition coefficient (Wildman–Crippen LogP) is 8.12. The first-order chi connectivity index (χ1) is 14.7. The van der Waals surface area contributed by atoms with Gasteiger partial charge in [-0.2, -0.15) is 0 Å². The van der Waals surface area contributed by atoms with Gasteiger partial charge in [-0.25, -0.2) is 9.78 Å². The largest absolute Gasteiger partial charge is 0.232 e. The number of rotatable bonds is 2. The molecular formula is C29H48O2. The first kappa shape index (κ1) is 22.5. The van der Waals surface area contributed by atoms with E-state index < -0.39 is 0 Å². The third-order valence-electron chi connectivity index (χ3n) is 11.8. The highest BCUT2D eigenvalue weighted by atomic mass is 17.2. The molecule has 8 aliphatic rings. The molecule has 0 radical (unpaired) electrons. The molecule has 2 nitrogen and oxygen atoms in total. The van der Waals surface area contributed by atoms with Crippen molar-refractivity contribution in [3.05, 3.63) is 11.6 Å². The van der Waals surface area contributed by atoms with Gasteiger partial charge in [-0.1, -0.05) is 53.2 Å². The van der Waals surface area contributed by atoms with E-state index in [2.05, 4.69) is 47.6 Å². The molecule has 0 amide bonds. The lowest BCUT2D eigenvalue weighted by Gasteiger charge is -2.58. The molecule has 4 heterocycles. The van der Waals surface area contributed by atoms with Gasteiger partial charge in [-0.3, -0.25) is 0 Å².